The van der Waals surface area contributed by atoms with E-state index in [9.17, 15) is 4.79 Å². The van der Waals surface area contributed by atoms with Crippen LogP contribution in [0.15, 0.2) is 55.0 Å². The predicted octanol–water partition coefficient (Wildman–Crippen LogP) is 1.91. The van der Waals surface area contributed by atoms with Crippen LogP contribution < -0.4 is 5.73 Å². The third-order valence-electron chi connectivity index (χ3n) is 4.98. The molecular formula is C21H19N7O2. The summed E-state index contributed by atoms with van der Waals surface area (Å²) in [6.45, 7) is 2.24. The molecule has 0 saturated carbocycles. The Kier molecular flexibility index (Phi) is 4.56. The maximum atomic E-state index is 12.8. The normalized spacial score (nSPS) is 14.2. The van der Waals surface area contributed by atoms with Gasteiger partial charge in [0.05, 0.1) is 30.2 Å². The van der Waals surface area contributed by atoms with Crippen molar-refractivity contribution in [3.05, 3.63) is 60.7 Å². The summed E-state index contributed by atoms with van der Waals surface area (Å²) in [7, 11) is 0. The van der Waals surface area contributed by atoms with Crippen LogP contribution in [0.25, 0.3) is 28.2 Å². The molecule has 0 aliphatic carbocycles. The van der Waals surface area contributed by atoms with E-state index >= 15 is 0 Å². The van der Waals surface area contributed by atoms with Gasteiger partial charge in [0.25, 0.3) is 5.91 Å². The van der Waals surface area contributed by atoms with Gasteiger partial charge in [0, 0.05) is 37.2 Å². The van der Waals surface area contributed by atoms with Gasteiger partial charge in [-0.2, -0.15) is 0 Å². The van der Waals surface area contributed by atoms with Crippen molar-refractivity contribution in [1.82, 2.24) is 29.5 Å². The SMILES string of the molecule is Nc1nn2cc(-c3cccc(C(=O)N4CCOCC4)n3)cnc2c1-c1ccccn1. The quantitative estimate of drug-likeness (QED) is 0.558. The Bertz CT molecular complexity index is 1220. The molecule has 2 N–H and O–H groups in total. The molecule has 150 valence electrons. The molecule has 30 heavy (non-hydrogen) atoms. The Morgan fingerprint density at radius 3 is 2.67 bits per heavy atom. The number of nitrogens with two attached hydrogens (primary N) is 1. The molecule has 0 radical (unpaired) electrons. The largest absolute Gasteiger partial charge is 0.382 e. The summed E-state index contributed by atoms with van der Waals surface area (Å²) in [5.41, 5.74) is 9.89. The number of anilines is 1. The molecule has 0 spiro atoms. The van der Waals surface area contributed by atoms with Crippen molar-refractivity contribution in [2.75, 3.05) is 32.0 Å². The molecule has 1 aliphatic heterocycles. The second kappa shape index (κ2) is 7.53. The molecule has 4 aromatic heterocycles. The van der Waals surface area contributed by atoms with Gasteiger partial charge < -0.3 is 15.4 Å². The lowest BCUT2D eigenvalue weighted by Crippen LogP contribution is -2.41. The summed E-state index contributed by atoms with van der Waals surface area (Å²) < 4.78 is 6.93. The smallest absolute Gasteiger partial charge is 0.272 e. The van der Waals surface area contributed by atoms with Crippen molar-refractivity contribution in [1.29, 1.82) is 0 Å². The Morgan fingerprint density at radius 1 is 1.03 bits per heavy atom. The summed E-state index contributed by atoms with van der Waals surface area (Å²) in [5.74, 6) is 0.248. The lowest BCUT2D eigenvalue weighted by Gasteiger charge is -2.26. The van der Waals surface area contributed by atoms with Crippen molar-refractivity contribution < 1.29 is 9.53 Å². The summed E-state index contributed by atoms with van der Waals surface area (Å²) >= 11 is 0. The number of morpholine rings is 1. The number of nitrogens with zero attached hydrogens (tertiary/aromatic N) is 6. The van der Waals surface area contributed by atoms with Crippen LogP contribution in [-0.4, -0.2) is 61.7 Å². The number of pyridine rings is 2. The average molecular weight is 401 g/mol. The minimum atomic E-state index is -0.102. The standard InChI is InChI=1S/C21H19N7O2/c22-19-18(16-4-1-2-7-23-16)20-24-12-14(13-28(20)26-19)15-5-3-6-17(25-15)21(29)27-8-10-30-11-9-27/h1-7,12-13H,8-11H2,(H2,22,26). The highest BCUT2D eigenvalue weighted by atomic mass is 16.5. The van der Waals surface area contributed by atoms with Crippen LogP contribution in [0, 0.1) is 0 Å². The molecule has 4 aromatic rings. The van der Waals surface area contributed by atoms with Crippen LogP contribution in [-0.2, 0) is 4.74 Å². The van der Waals surface area contributed by atoms with Gasteiger partial charge in [-0.25, -0.2) is 14.5 Å². The zero-order valence-corrected chi connectivity index (χ0v) is 16.1. The number of rotatable bonds is 3. The molecular weight excluding hydrogens is 382 g/mol. The summed E-state index contributed by atoms with van der Waals surface area (Å²) in [5, 5.41) is 4.38. The summed E-state index contributed by atoms with van der Waals surface area (Å²) in [4.78, 5) is 28.0. The Labute approximate surface area is 172 Å². The van der Waals surface area contributed by atoms with E-state index in [1.807, 2.05) is 30.3 Å². The van der Waals surface area contributed by atoms with Crippen LogP contribution in [0.4, 0.5) is 5.82 Å². The van der Waals surface area contributed by atoms with Crippen LogP contribution in [0.3, 0.4) is 0 Å². The van der Waals surface area contributed by atoms with Crippen molar-refractivity contribution in [3.8, 4) is 22.5 Å². The molecule has 1 amide bonds. The monoisotopic (exact) mass is 401 g/mol. The van der Waals surface area contributed by atoms with Gasteiger partial charge in [-0.3, -0.25) is 9.78 Å². The third kappa shape index (κ3) is 3.25. The molecule has 1 aliphatic rings. The molecule has 1 saturated heterocycles. The van der Waals surface area contributed by atoms with Crippen molar-refractivity contribution >= 4 is 17.4 Å². The van der Waals surface area contributed by atoms with Gasteiger partial charge in [0.2, 0.25) is 0 Å². The highest BCUT2D eigenvalue weighted by Crippen LogP contribution is 2.28. The fourth-order valence-electron chi connectivity index (χ4n) is 3.48. The third-order valence-corrected chi connectivity index (χ3v) is 4.98. The van der Waals surface area contributed by atoms with E-state index in [1.54, 1.807) is 34.1 Å². The number of fused-ring (bicyclic) bond motifs is 1. The van der Waals surface area contributed by atoms with Gasteiger partial charge in [0.15, 0.2) is 11.5 Å². The molecule has 1 fully saturated rings. The first-order valence-electron chi connectivity index (χ1n) is 9.60. The van der Waals surface area contributed by atoms with Crippen LogP contribution in [0.1, 0.15) is 10.5 Å². The minimum Gasteiger partial charge on any atom is -0.382 e. The highest BCUT2D eigenvalue weighted by Gasteiger charge is 2.20. The van der Waals surface area contributed by atoms with Crippen LogP contribution in [0.5, 0.6) is 0 Å². The van der Waals surface area contributed by atoms with E-state index in [1.165, 1.54) is 0 Å². The Balaban J connectivity index is 1.50. The molecule has 9 heteroatoms. The second-order valence-electron chi connectivity index (χ2n) is 6.90. The second-order valence-corrected chi connectivity index (χ2v) is 6.90. The first kappa shape index (κ1) is 18.2. The van der Waals surface area contributed by atoms with E-state index in [4.69, 9.17) is 10.5 Å². The van der Waals surface area contributed by atoms with Gasteiger partial charge in [-0.1, -0.05) is 12.1 Å². The Hall–Kier alpha value is -3.85. The average Bonchev–Trinajstić information content (AvgIpc) is 3.14. The van der Waals surface area contributed by atoms with E-state index in [-0.39, 0.29) is 5.91 Å². The maximum Gasteiger partial charge on any atom is 0.272 e. The first-order valence-corrected chi connectivity index (χ1v) is 9.60. The topological polar surface area (TPSA) is 112 Å². The summed E-state index contributed by atoms with van der Waals surface area (Å²) in [6.07, 6.45) is 5.21. The highest BCUT2D eigenvalue weighted by molar-refractivity contribution is 5.93. The minimum absolute atomic E-state index is 0.102. The van der Waals surface area contributed by atoms with Gasteiger partial charge in [-0.15, -0.1) is 5.10 Å². The van der Waals surface area contributed by atoms with E-state index in [2.05, 4.69) is 20.1 Å². The number of amides is 1. The lowest BCUT2D eigenvalue weighted by atomic mass is 10.2. The van der Waals surface area contributed by atoms with Gasteiger partial charge >= 0.3 is 0 Å². The number of nitrogen functional groups attached to an aromatic ring is 1. The van der Waals surface area contributed by atoms with Crippen molar-refractivity contribution in [3.63, 3.8) is 0 Å². The first-order chi connectivity index (χ1) is 14.7. The fourth-order valence-corrected chi connectivity index (χ4v) is 3.48. The number of hydrogen-bond acceptors (Lipinski definition) is 7. The molecule has 0 bridgehead atoms. The number of carbonyl (C=O) groups is 1. The number of aromatic nitrogens is 5. The number of carbonyl (C=O) groups excluding carboxylic acids is 1. The molecule has 5 rings (SSSR count). The maximum absolute atomic E-state index is 12.8. The van der Waals surface area contributed by atoms with Crippen molar-refractivity contribution in [2.45, 2.75) is 0 Å². The zero-order chi connectivity index (χ0) is 20.5. The fraction of sp³-hybridized carbons (Fsp3) is 0.190. The number of ether oxygens (including phenoxy) is 1. The lowest BCUT2D eigenvalue weighted by molar-refractivity contribution is 0.0299. The molecule has 5 heterocycles. The molecule has 0 atom stereocenters. The number of hydrogen-bond donors (Lipinski definition) is 1. The van der Waals surface area contributed by atoms with Crippen molar-refractivity contribution in [2.24, 2.45) is 0 Å². The molecule has 0 aromatic carbocycles. The summed E-state index contributed by atoms with van der Waals surface area (Å²) in [6, 6.07) is 11.0. The molecule has 0 unspecified atom stereocenters. The molecule has 9 nitrogen and oxygen atoms in total. The van der Waals surface area contributed by atoms with Gasteiger partial charge in [0.1, 0.15) is 5.69 Å². The predicted molar refractivity (Wildman–Crippen MR) is 111 cm³/mol. The van der Waals surface area contributed by atoms with E-state index in [0.29, 0.717) is 60.4 Å². The zero-order valence-electron chi connectivity index (χ0n) is 16.1. The Morgan fingerprint density at radius 2 is 1.87 bits per heavy atom. The van der Waals surface area contributed by atoms with Crippen LogP contribution in [0.2, 0.25) is 0 Å². The van der Waals surface area contributed by atoms with Gasteiger partial charge in [-0.05, 0) is 24.3 Å². The van der Waals surface area contributed by atoms with E-state index in [0.717, 1.165) is 5.56 Å². The van der Waals surface area contributed by atoms with Crippen LogP contribution >= 0.6 is 0 Å². The van der Waals surface area contributed by atoms with E-state index < -0.39 is 0 Å².